The highest BCUT2D eigenvalue weighted by atomic mass is 32.2. The number of hydrogen-bond donors (Lipinski definition) is 5. The number of benzene rings is 3. The standard InChI is InChI=1S/C25H25N7O5S2/c1-29-38(34,35)15-19-14-22(32(31-19)20-6-4-5-17(13-20)24(26)27)25(33)30-18-11-9-16(10-12-18)21-7-2-3-8-23(21)39(28,36)37/h2-14,29H,15H2,1H3,(H3,26,27)(H,30,33)(H2,28,36,37). The molecule has 0 aliphatic heterocycles. The number of carbonyl (C=O) groups is 1. The zero-order chi connectivity index (χ0) is 28.4. The summed E-state index contributed by atoms with van der Waals surface area (Å²) in [7, 11) is -6.34. The summed E-state index contributed by atoms with van der Waals surface area (Å²) in [6.45, 7) is 0. The van der Waals surface area contributed by atoms with Gasteiger partial charge in [-0.05, 0) is 49.0 Å². The lowest BCUT2D eigenvalue weighted by atomic mass is 10.1. The van der Waals surface area contributed by atoms with Gasteiger partial charge in [-0.3, -0.25) is 10.2 Å². The summed E-state index contributed by atoms with van der Waals surface area (Å²) in [4.78, 5) is 13.3. The minimum Gasteiger partial charge on any atom is -0.384 e. The number of carbonyl (C=O) groups excluding carboxylic acids is 1. The van der Waals surface area contributed by atoms with Crippen molar-refractivity contribution < 1.29 is 21.6 Å². The van der Waals surface area contributed by atoms with Gasteiger partial charge in [0.2, 0.25) is 20.0 Å². The van der Waals surface area contributed by atoms with Crippen molar-refractivity contribution in [1.82, 2.24) is 14.5 Å². The number of aromatic nitrogens is 2. The fourth-order valence-corrected chi connectivity index (χ4v) is 5.25. The quantitative estimate of drug-likeness (QED) is 0.150. The third kappa shape index (κ3) is 6.38. The molecule has 0 aliphatic carbocycles. The van der Waals surface area contributed by atoms with Gasteiger partial charge < -0.3 is 11.1 Å². The molecule has 0 bridgehead atoms. The van der Waals surface area contributed by atoms with Crippen LogP contribution in [0.4, 0.5) is 5.69 Å². The summed E-state index contributed by atoms with van der Waals surface area (Å²) in [5.41, 5.74) is 7.94. The van der Waals surface area contributed by atoms with Crippen molar-refractivity contribution in [3.8, 4) is 16.8 Å². The minimum absolute atomic E-state index is 0.0254. The number of nitrogens with one attached hydrogen (secondary N) is 3. The molecule has 0 unspecified atom stereocenters. The first-order valence-electron chi connectivity index (χ1n) is 11.4. The number of nitrogens with zero attached hydrogens (tertiary/aromatic N) is 2. The molecule has 14 heteroatoms. The predicted octanol–water partition coefficient (Wildman–Crippen LogP) is 1.77. The molecular weight excluding hydrogens is 542 g/mol. The highest BCUT2D eigenvalue weighted by Gasteiger charge is 2.21. The Morgan fingerprint density at radius 1 is 0.974 bits per heavy atom. The molecule has 0 atom stereocenters. The molecular formula is C25H25N7O5S2. The molecule has 202 valence electrons. The van der Waals surface area contributed by atoms with Crippen LogP contribution in [0.15, 0.2) is 83.8 Å². The van der Waals surface area contributed by atoms with Crippen molar-refractivity contribution in [2.45, 2.75) is 10.6 Å². The zero-order valence-corrected chi connectivity index (χ0v) is 22.3. The maximum absolute atomic E-state index is 13.3. The lowest BCUT2D eigenvalue weighted by molar-refractivity contribution is 0.101. The van der Waals surface area contributed by atoms with E-state index in [-0.39, 0.29) is 22.1 Å². The maximum atomic E-state index is 13.3. The van der Waals surface area contributed by atoms with Gasteiger partial charge in [0.25, 0.3) is 5.91 Å². The first-order chi connectivity index (χ1) is 18.4. The number of amides is 1. The van der Waals surface area contributed by atoms with Crippen LogP contribution in [0.25, 0.3) is 16.8 Å². The molecule has 0 saturated heterocycles. The van der Waals surface area contributed by atoms with E-state index in [1.165, 1.54) is 23.9 Å². The van der Waals surface area contributed by atoms with Crippen LogP contribution in [0, 0.1) is 5.41 Å². The third-order valence-electron chi connectivity index (χ3n) is 5.69. The molecule has 0 saturated carbocycles. The van der Waals surface area contributed by atoms with E-state index in [1.54, 1.807) is 66.7 Å². The largest absolute Gasteiger partial charge is 0.384 e. The van der Waals surface area contributed by atoms with E-state index in [2.05, 4.69) is 15.1 Å². The Bertz CT molecular complexity index is 1780. The maximum Gasteiger partial charge on any atom is 0.274 e. The first kappa shape index (κ1) is 27.7. The van der Waals surface area contributed by atoms with Gasteiger partial charge in [0, 0.05) is 16.8 Å². The minimum atomic E-state index is -3.95. The lowest BCUT2D eigenvalue weighted by Gasteiger charge is -2.11. The van der Waals surface area contributed by atoms with Gasteiger partial charge in [0.1, 0.15) is 17.3 Å². The SMILES string of the molecule is CNS(=O)(=O)Cc1cc(C(=O)Nc2ccc(-c3ccccc3S(N)(=O)=O)cc2)n(-c2cccc(C(=N)N)c2)n1. The van der Waals surface area contributed by atoms with Crippen LogP contribution in [0.2, 0.25) is 0 Å². The third-order valence-corrected chi connectivity index (χ3v) is 7.96. The number of nitrogens with two attached hydrogens (primary N) is 2. The highest BCUT2D eigenvalue weighted by Crippen LogP contribution is 2.28. The van der Waals surface area contributed by atoms with Crippen LogP contribution in [-0.2, 0) is 25.8 Å². The average Bonchev–Trinajstić information content (AvgIpc) is 3.32. The number of sulfonamides is 2. The average molecular weight is 568 g/mol. The van der Waals surface area contributed by atoms with E-state index in [0.29, 0.717) is 28.1 Å². The highest BCUT2D eigenvalue weighted by molar-refractivity contribution is 7.89. The van der Waals surface area contributed by atoms with Crippen LogP contribution in [0.5, 0.6) is 0 Å². The summed E-state index contributed by atoms with van der Waals surface area (Å²) in [5.74, 6) is -1.22. The first-order valence-corrected chi connectivity index (χ1v) is 14.6. The van der Waals surface area contributed by atoms with Crippen LogP contribution >= 0.6 is 0 Å². The number of amidine groups is 1. The van der Waals surface area contributed by atoms with Crippen molar-refractivity contribution in [2.24, 2.45) is 10.9 Å². The molecule has 39 heavy (non-hydrogen) atoms. The Morgan fingerprint density at radius 2 is 1.67 bits per heavy atom. The van der Waals surface area contributed by atoms with Gasteiger partial charge in [-0.25, -0.2) is 31.4 Å². The molecule has 4 aromatic rings. The fourth-order valence-electron chi connectivity index (χ4n) is 3.81. The smallest absolute Gasteiger partial charge is 0.274 e. The van der Waals surface area contributed by atoms with E-state index < -0.39 is 31.7 Å². The van der Waals surface area contributed by atoms with E-state index >= 15 is 0 Å². The fraction of sp³-hybridized carbons (Fsp3) is 0.0800. The molecule has 0 aliphatic rings. The molecule has 1 amide bonds. The van der Waals surface area contributed by atoms with E-state index in [0.717, 1.165) is 0 Å². The van der Waals surface area contributed by atoms with E-state index in [4.69, 9.17) is 16.3 Å². The summed E-state index contributed by atoms with van der Waals surface area (Å²) in [6, 6.07) is 20.6. The van der Waals surface area contributed by atoms with Gasteiger partial charge >= 0.3 is 0 Å². The van der Waals surface area contributed by atoms with Crippen LogP contribution in [0.3, 0.4) is 0 Å². The van der Waals surface area contributed by atoms with Crippen molar-refractivity contribution in [1.29, 1.82) is 5.41 Å². The zero-order valence-electron chi connectivity index (χ0n) is 20.6. The van der Waals surface area contributed by atoms with Crippen molar-refractivity contribution >= 4 is 37.5 Å². The van der Waals surface area contributed by atoms with Crippen LogP contribution in [0.1, 0.15) is 21.7 Å². The van der Waals surface area contributed by atoms with E-state index in [9.17, 15) is 21.6 Å². The molecule has 1 aromatic heterocycles. The number of nitrogen functional groups attached to an aromatic ring is 1. The number of primary sulfonamides is 1. The number of hydrogen-bond acceptors (Lipinski definition) is 7. The number of anilines is 1. The molecule has 12 nitrogen and oxygen atoms in total. The summed E-state index contributed by atoms with van der Waals surface area (Å²) < 4.78 is 51.6. The predicted molar refractivity (Wildman–Crippen MR) is 147 cm³/mol. The van der Waals surface area contributed by atoms with Gasteiger partial charge in [-0.1, -0.05) is 42.5 Å². The monoisotopic (exact) mass is 567 g/mol. The lowest BCUT2D eigenvalue weighted by Crippen LogP contribution is -2.20. The second-order valence-corrected chi connectivity index (χ2v) is 11.9. The molecule has 0 fully saturated rings. The van der Waals surface area contributed by atoms with Gasteiger partial charge in [-0.2, -0.15) is 5.10 Å². The number of rotatable bonds is 9. The Balaban J connectivity index is 1.68. The summed E-state index contributed by atoms with van der Waals surface area (Å²) in [5, 5.41) is 20.1. The normalized spacial score (nSPS) is 11.7. The Hall–Kier alpha value is -4.37. The Labute approximate surface area is 225 Å². The van der Waals surface area contributed by atoms with E-state index in [1.807, 2.05) is 0 Å². The van der Waals surface area contributed by atoms with Crippen LogP contribution < -0.4 is 20.9 Å². The Kier molecular flexibility index (Phi) is 7.65. The van der Waals surface area contributed by atoms with Crippen LogP contribution in [-0.4, -0.2) is 45.4 Å². The van der Waals surface area contributed by atoms with Gasteiger partial charge in [0.15, 0.2) is 0 Å². The summed E-state index contributed by atoms with van der Waals surface area (Å²) >= 11 is 0. The van der Waals surface area contributed by atoms with Crippen molar-refractivity contribution in [2.75, 3.05) is 12.4 Å². The molecule has 0 radical (unpaired) electrons. The summed E-state index contributed by atoms with van der Waals surface area (Å²) in [6.07, 6.45) is 0. The van der Waals surface area contributed by atoms with Gasteiger partial charge in [0.05, 0.1) is 16.3 Å². The molecule has 4 rings (SSSR count). The molecule has 0 spiro atoms. The second-order valence-electron chi connectivity index (χ2n) is 8.43. The van der Waals surface area contributed by atoms with Crippen molar-refractivity contribution in [3.05, 3.63) is 95.8 Å². The van der Waals surface area contributed by atoms with Crippen molar-refractivity contribution in [3.63, 3.8) is 0 Å². The molecule has 1 heterocycles. The topological polar surface area (TPSA) is 203 Å². The Morgan fingerprint density at radius 3 is 2.31 bits per heavy atom. The molecule has 3 aromatic carbocycles. The van der Waals surface area contributed by atoms with Gasteiger partial charge in [-0.15, -0.1) is 0 Å². The molecule has 7 N–H and O–H groups in total. The second kappa shape index (κ2) is 10.8.